The van der Waals surface area contributed by atoms with E-state index in [1.165, 1.54) is 0 Å². The summed E-state index contributed by atoms with van der Waals surface area (Å²) in [4.78, 5) is 0.397. The van der Waals surface area contributed by atoms with E-state index in [1.54, 1.807) is 31.2 Å². The maximum atomic E-state index is 12.5. The molecule has 0 saturated carbocycles. The fourth-order valence-electron chi connectivity index (χ4n) is 2.81. The molecule has 0 amide bonds. The molecule has 0 saturated heterocycles. The van der Waals surface area contributed by atoms with Crippen molar-refractivity contribution in [3.63, 3.8) is 0 Å². The molecule has 2 aromatic carbocycles. The third-order valence-corrected chi connectivity index (χ3v) is 6.91. The molecule has 2 nitrogen and oxygen atoms in total. The van der Waals surface area contributed by atoms with Crippen molar-refractivity contribution in [1.82, 2.24) is 0 Å². The van der Waals surface area contributed by atoms with Gasteiger partial charge in [0.05, 0.1) is 20.2 Å². The van der Waals surface area contributed by atoms with Crippen LogP contribution in [0, 0.1) is 0 Å². The van der Waals surface area contributed by atoms with E-state index in [9.17, 15) is 8.42 Å². The lowest BCUT2D eigenvalue weighted by Crippen LogP contribution is -2.18. The zero-order valence-corrected chi connectivity index (χ0v) is 13.0. The fraction of sp³-hybridized carbons (Fsp3) is 0.200. The van der Waals surface area contributed by atoms with Gasteiger partial charge in [0.2, 0.25) is 0 Å². The third kappa shape index (κ3) is 1.88. The van der Waals surface area contributed by atoms with Gasteiger partial charge in [-0.15, -0.1) is 0 Å². The summed E-state index contributed by atoms with van der Waals surface area (Å²) in [5, 5.41) is 0.326. The minimum Gasteiger partial charge on any atom is -0.223 e. The van der Waals surface area contributed by atoms with Crippen molar-refractivity contribution in [2.45, 2.75) is 23.0 Å². The molecule has 1 heterocycles. The second-order valence-corrected chi connectivity index (χ2v) is 7.97. The topological polar surface area (TPSA) is 34.1 Å². The molecule has 1 aliphatic heterocycles. The fourth-order valence-corrected chi connectivity index (χ4v) is 5.08. The van der Waals surface area contributed by atoms with Crippen LogP contribution in [-0.4, -0.2) is 13.7 Å². The summed E-state index contributed by atoms with van der Waals surface area (Å²) in [7, 11) is -3.31. The van der Waals surface area contributed by atoms with E-state index in [0.717, 1.165) is 11.1 Å². The van der Waals surface area contributed by atoms with Gasteiger partial charge in [-0.1, -0.05) is 53.5 Å². The van der Waals surface area contributed by atoms with Crippen molar-refractivity contribution in [3.05, 3.63) is 63.6 Å². The molecule has 2 aromatic rings. The van der Waals surface area contributed by atoms with Crippen LogP contribution in [0.25, 0.3) is 0 Å². The van der Waals surface area contributed by atoms with Gasteiger partial charge >= 0.3 is 0 Å². The van der Waals surface area contributed by atoms with Gasteiger partial charge in [-0.2, -0.15) is 0 Å². The third-order valence-electron chi connectivity index (χ3n) is 3.84. The Hall–Kier alpha value is -1.03. The minimum absolute atomic E-state index is 0.276. The second kappa shape index (κ2) is 4.76. The molecular formula is C15H12Cl2O2S. The molecule has 5 heteroatoms. The van der Waals surface area contributed by atoms with Crippen LogP contribution >= 0.6 is 23.2 Å². The number of rotatable bonds is 1. The van der Waals surface area contributed by atoms with Crippen LogP contribution in [0.5, 0.6) is 0 Å². The molecule has 0 radical (unpaired) electrons. The molecule has 0 spiro atoms. The maximum absolute atomic E-state index is 12.5. The van der Waals surface area contributed by atoms with Gasteiger partial charge in [0, 0.05) is 5.92 Å². The van der Waals surface area contributed by atoms with E-state index in [2.05, 4.69) is 0 Å². The van der Waals surface area contributed by atoms with Crippen molar-refractivity contribution < 1.29 is 8.42 Å². The lowest BCUT2D eigenvalue weighted by molar-refractivity contribution is 0.586. The Kier molecular flexibility index (Phi) is 3.32. The molecule has 0 fully saturated rings. The van der Waals surface area contributed by atoms with Crippen molar-refractivity contribution in [1.29, 1.82) is 0 Å². The molecule has 0 aliphatic carbocycles. The van der Waals surface area contributed by atoms with Crippen LogP contribution < -0.4 is 0 Å². The van der Waals surface area contributed by atoms with Crippen LogP contribution in [-0.2, 0) is 9.84 Å². The standard InChI is InChI=1S/C15H12Cl2O2S/c1-9-14(11-6-4-7-12(16)15(11)17)10-5-2-3-8-13(10)20(9,18)19/h2-9,14H,1H3. The second-order valence-electron chi connectivity index (χ2n) is 4.91. The predicted octanol–water partition coefficient (Wildman–Crippen LogP) is 4.30. The zero-order chi connectivity index (χ0) is 14.5. The van der Waals surface area contributed by atoms with E-state index in [0.29, 0.717) is 14.9 Å². The van der Waals surface area contributed by atoms with Gasteiger partial charge < -0.3 is 0 Å². The Labute approximate surface area is 128 Å². The monoisotopic (exact) mass is 326 g/mol. The van der Waals surface area contributed by atoms with E-state index in [1.807, 2.05) is 18.2 Å². The number of sulfone groups is 1. The van der Waals surface area contributed by atoms with Crippen molar-refractivity contribution in [2.75, 3.05) is 0 Å². The van der Waals surface area contributed by atoms with Crippen LogP contribution in [0.3, 0.4) is 0 Å². The summed E-state index contributed by atoms with van der Waals surface area (Å²) in [5.74, 6) is -0.276. The van der Waals surface area contributed by atoms with Crippen molar-refractivity contribution in [3.8, 4) is 0 Å². The van der Waals surface area contributed by atoms with Gasteiger partial charge in [0.15, 0.2) is 9.84 Å². The normalized spacial score (nSPS) is 23.6. The molecule has 2 atom stereocenters. The van der Waals surface area contributed by atoms with E-state index < -0.39 is 15.1 Å². The highest BCUT2D eigenvalue weighted by molar-refractivity contribution is 7.92. The molecular weight excluding hydrogens is 315 g/mol. The maximum Gasteiger partial charge on any atom is 0.182 e. The number of hydrogen-bond donors (Lipinski definition) is 0. The highest BCUT2D eigenvalue weighted by Gasteiger charge is 2.43. The summed E-state index contributed by atoms with van der Waals surface area (Å²) in [6.07, 6.45) is 0. The number of halogens is 2. The molecule has 0 aromatic heterocycles. The first kappa shape index (κ1) is 13.9. The molecule has 104 valence electrons. The van der Waals surface area contributed by atoms with Gasteiger partial charge in [0.25, 0.3) is 0 Å². The summed E-state index contributed by atoms with van der Waals surface area (Å²) in [5.41, 5.74) is 1.56. The van der Waals surface area contributed by atoms with Crippen LogP contribution in [0.2, 0.25) is 10.0 Å². The van der Waals surface area contributed by atoms with Gasteiger partial charge in [-0.05, 0) is 30.2 Å². The highest BCUT2D eigenvalue weighted by Crippen LogP contribution is 2.46. The molecule has 2 unspecified atom stereocenters. The minimum atomic E-state index is -3.31. The first-order valence-corrected chi connectivity index (χ1v) is 8.51. The Morgan fingerprint density at radius 1 is 0.950 bits per heavy atom. The average molecular weight is 327 g/mol. The van der Waals surface area contributed by atoms with E-state index in [-0.39, 0.29) is 5.92 Å². The summed E-state index contributed by atoms with van der Waals surface area (Å²) >= 11 is 12.3. The highest BCUT2D eigenvalue weighted by atomic mass is 35.5. The van der Waals surface area contributed by atoms with Gasteiger partial charge in [0.1, 0.15) is 0 Å². The number of fused-ring (bicyclic) bond motifs is 1. The van der Waals surface area contributed by atoms with E-state index >= 15 is 0 Å². The predicted molar refractivity (Wildman–Crippen MR) is 81.4 cm³/mol. The SMILES string of the molecule is CC1C(c2cccc(Cl)c2Cl)c2ccccc2S1(=O)=O. The van der Waals surface area contributed by atoms with E-state index in [4.69, 9.17) is 23.2 Å². The Balaban J connectivity index is 2.28. The van der Waals surface area contributed by atoms with Crippen molar-refractivity contribution in [2.24, 2.45) is 0 Å². The molecule has 0 bridgehead atoms. The average Bonchev–Trinajstić information content (AvgIpc) is 2.62. The Bertz CT molecular complexity index is 784. The lowest BCUT2D eigenvalue weighted by Gasteiger charge is -2.18. The summed E-state index contributed by atoms with van der Waals surface area (Å²) in [6.45, 7) is 1.72. The van der Waals surface area contributed by atoms with Crippen LogP contribution in [0.4, 0.5) is 0 Å². The molecule has 0 N–H and O–H groups in total. The van der Waals surface area contributed by atoms with Crippen molar-refractivity contribution >= 4 is 33.0 Å². The molecule has 3 rings (SSSR count). The number of benzene rings is 2. The quantitative estimate of drug-likeness (QED) is 0.782. The smallest absolute Gasteiger partial charge is 0.182 e. The largest absolute Gasteiger partial charge is 0.223 e. The molecule has 20 heavy (non-hydrogen) atoms. The Morgan fingerprint density at radius 3 is 2.35 bits per heavy atom. The lowest BCUT2D eigenvalue weighted by atomic mass is 9.89. The first-order chi connectivity index (χ1) is 9.44. The van der Waals surface area contributed by atoms with Crippen LogP contribution in [0.1, 0.15) is 24.0 Å². The number of hydrogen-bond acceptors (Lipinski definition) is 2. The Morgan fingerprint density at radius 2 is 1.60 bits per heavy atom. The first-order valence-electron chi connectivity index (χ1n) is 6.21. The molecule has 1 aliphatic rings. The summed E-state index contributed by atoms with van der Waals surface area (Å²) < 4.78 is 25.0. The van der Waals surface area contributed by atoms with Gasteiger partial charge in [-0.25, -0.2) is 8.42 Å². The zero-order valence-electron chi connectivity index (χ0n) is 10.7. The summed E-state index contributed by atoms with van der Waals surface area (Å²) in [6, 6.07) is 12.4. The van der Waals surface area contributed by atoms with Gasteiger partial charge in [-0.3, -0.25) is 0 Å². The van der Waals surface area contributed by atoms with Crippen LogP contribution in [0.15, 0.2) is 47.4 Å².